The SMILES string of the molecule is Cc1cccnc1-n1c(C)cc(CN)c1C. The fourth-order valence-electron chi connectivity index (χ4n) is 2.07. The smallest absolute Gasteiger partial charge is 0.139 e. The average Bonchev–Trinajstić information content (AvgIpc) is 2.55. The molecule has 0 atom stereocenters. The molecule has 0 aliphatic carbocycles. The molecular weight excluding hydrogens is 198 g/mol. The van der Waals surface area contributed by atoms with Crippen molar-refractivity contribution in [2.75, 3.05) is 0 Å². The first kappa shape index (κ1) is 10.9. The van der Waals surface area contributed by atoms with Gasteiger partial charge in [0.25, 0.3) is 0 Å². The first-order valence-electron chi connectivity index (χ1n) is 5.45. The van der Waals surface area contributed by atoms with E-state index >= 15 is 0 Å². The summed E-state index contributed by atoms with van der Waals surface area (Å²) in [6.07, 6.45) is 1.82. The van der Waals surface area contributed by atoms with Crippen molar-refractivity contribution in [2.45, 2.75) is 27.3 Å². The third-order valence-electron chi connectivity index (χ3n) is 2.95. The number of nitrogens with two attached hydrogens (primary N) is 1. The lowest BCUT2D eigenvalue weighted by Gasteiger charge is -2.11. The van der Waals surface area contributed by atoms with E-state index in [2.05, 4.69) is 42.5 Å². The van der Waals surface area contributed by atoms with Crippen molar-refractivity contribution in [3.63, 3.8) is 0 Å². The summed E-state index contributed by atoms with van der Waals surface area (Å²) in [5.74, 6) is 0.997. The summed E-state index contributed by atoms with van der Waals surface area (Å²) in [5.41, 5.74) is 10.4. The predicted octanol–water partition coefficient (Wildman–Crippen LogP) is 2.26. The van der Waals surface area contributed by atoms with Crippen LogP contribution in [0.4, 0.5) is 0 Å². The molecule has 0 bridgehead atoms. The highest BCUT2D eigenvalue weighted by atomic mass is 15.1. The van der Waals surface area contributed by atoms with E-state index in [0.717, 1.165) is 5.82 Å². The Morgan fingerprint density at radius 1 is 1.31 bits per heavy atom. The fourth-order valence-corrected chi connectivity index (χ4v) is 2.07. The summed E-state index contributed by atoms with van der Waals surface area (Å²) in [5, 5.41) is 0. The van der Waals surface area contributed by atoms with Crippen LogP contribution in [0.2, 0.25) is 0 Å². The normalized spacial score (nSPS) is 10.8. The molecule has 0 aliphatic heterocycles. The predicted molar refractivity (Wildman–Crippen MR) is 65.7 cm³/mol. The molecule has 0 spiro atoms. The van der Waals surface area contributed by atoms with Gasteiger partial charge in [-0.2, -0.15) is 0 Å². The number of hydrogen-bond donors (Lipinski definition) is 1. The van der Waals surface area contributed by atoms with Gasteiger partial charge in [-0.1, -0.05) is 6.07 Å². The third-order valence-corrected chi connectivity index (χ3v) is 2.95. The summed E-state index contributed by atoms with van der Waals surface area (Å²) in [7, 11) is 0. The molecule has 0 aliphatic rings. The van der Waals surface area contributed by atoms with Crippen LogP contribution < -0.4 is 5.73 Å². The number of aromatic nitrogens is 2. The first-order valence-corrected chi connectivity index (χ1v) is 5.45. The number of nitrogens with zero attached hydrogens (tertiary/aromatic N) is 2. The molecule has 2 rings (SSSR count). The summed E-state index contributed by atoms with van der Waals surface area (Å²) in [6, 6.07) is 6.16. The lowest BCUT2D eigenvalue weighted by molar-refractivity contribution is 0.897. The summed E-state index contributed by atoms with van der Waals surface area (Å²) < 4.78 is 2.16. The van der Waals surface area contributed by atoms with E-state index in [9.17, 15) is 0 Å². The molecule has 0 saturated carbocycles. The van der Waals surface area contributed by atoms with Crippen molar-refractivity contribution in [3.05, 3.63) is 46.9 Å². The van der Waals surface area contributed by atoms with Crippen molar-refractivity contribution >= 4 is 0 Å². The maximum atomic E-state index is 5.72. The lowest BCUT2D eigenvalue weighted by atomic mass is 10.2. The molecular formula is C13H17N3. The van der Waals surface area contributed by atoms with Crippen LogP contribution in [0.1, 0.15) is 22.5 Å². The van der Waals surface area contributed by atoms with Crippen LogP contribution >= 0.6 is 0 Å². The Labute approximate surface area is 95.9 Å². The van der Waals surface area contributed by atoms with Gasteiger partial charge in [0, 0.05) is 24.1 Å². The summed E-state index contributed by atoms with van der Waals surface area (Å²) >= 11 is 0. The molecule has 2 N–H and O–H groups in total. The van der Waals surface area contributed by atoms with Crippen molar-refractivity contribution in [2.24, 2.45) is 5.73 Å². The molecule has 0 saturated heterocycles. The minimum absolute atomic E-state index is 0.575. The van der Waals surface area contributed by atoms with Gasteiger partial charge in [-0.3, -0.25) is 0 Å². The molecule has 0 radical (unpaired) electrons. The number of hydrogen-bond acceptors (Lipinski definition) is 2. The van der Waals surface area contributed by atoms with Crippen LogP contribution in [-0.4, -0.2) is 9.55 Å². The minimum Gasteiger partial charge on any atom is -0.326 e. The number of aryl methyl sites for hydroxylation is 2. The molecule has 0 amide bonds. The van der Waals surface area contributed by atoms with Crippen LogP contribution in [0.3, 0.4) is 0 Å². The Morgan fingerprint density at radius 2 is 2.06 bits per heavy atom. The molecule has 0 unspecified atom stereocenters. The molecule has 0 aromatic carbocycles. The van der Waals surface area contributed by atoms with Gasteiger partial charge in [-0.15, -0.1) is 0 Å². The van der Waals surface area contributed by atoms with Gasteiger partial charge >= 0.3 is 0 Å². The van der Waals surface area contributed by atoms with Crippen LogP contribution in [-0.2, 0) is 6.54 Å². The molecule has 2 heterocycles. The van der Waals surface area contributed by atoms with Crippen molar-refractivity contribution in [1.82, 2.24) is 9.55 Å². The van der Waals surface area contributed by atoms with E-state index in [1.165, 1.54) is 22.5 Å². The minimum atomic E-state index is 0.575. The standard InChI is InChI=1S/C13H17N3/c1-9-5-4-6-15-13(9)16-10(2)7-12(8-14)11(16)3/h4-7H,8,14H2,1-3H3. The van der Waals surface area contributed by atoms with Gasteiger partial charge in [-0.25, -0.2) is 4.98 Å². The highest BCUT2D eigenvalue weighted by Crippen LogP contribution is 2.20. The van der Waals surface area contributed by atoms with Gasteiger partial charge in [-0.05, 0) is 44.0 Å². The molecule has 0 fully saturated rings. The van der Waals surface area contributed by atoms with E-state index in [0.29, 0.717) is 6.54 Å². The summed E-state index contributed by atoms with van der Waals surface area (Å²) in [6.45, 7) is 6.82. The van der Waals surface area contributed by atoms with Gasteiger partial charge < -0.3 is 10.3 Å². The van der Waals surface area contributed by atoms with Crippen molar-refractivity contribution in [1.29, 1.82) is 0 Å². The Kier molecular flexibility index (Phi) is 2.79. The largest absolute Gasteiger partial charge is 0.326 e. The monoisotopic (exact) mass is 215 g/mol. The first-order chi connectivity index (χ1) is 7.65. The Balaban J connectivity index is 2.65. The van der Waals surface area contributed by atoms with Gasteiger partial charge in [0.2, 0.25) is 0 Å². The van der Waals surface area contributed by atoms with Crippen molar-refractivity contribution < 1.29 is 0 Å². The second-order valence-corrected chi connectivity index (χ2v) is 4.08. The highest BCUT2D eigenvalue weighted by Gasteiger charge is 2.11. The zero-order chi connectivity index (χ0) is 11.7. The van der Waals surface area contributed by atoms with Gasteiger partial charge in [0.1, 0.15) is 5.82 Å². The van der Waals surface area contributed by atoms with Gasteiger partial charge in [0.05, 0.1) is 0 Å². The maximum Gasteiger partial charge on any atom is 0.139 e. The maximum absolute atomic E-state index is 5.72. The Bertz CT molecular complexity index is 512. The van der Waals surface area contributed by atoms with Crippen molar-refractivity contribution in [3.8, 4) is 5.82 Å². The van der Waals surface area contributed by atoms with Crippen LogP contribution in [0, 0.1) is 20.8 Å². The Hall–Kier alpha value is -1.61. The van der Waals surface area contributed by atoms with Crippen LogP contribution in [0.5, 0.6) is 0 Å². The van der Waals surface area contributed by atoms with E-state index in [1.54, 1.807) is 0 Å². The van der Waals surface area contributed by atoms with E-state index < -0.39 is 0 Å². The van der Waals surface area contributed by atoms with E-state index in [1.807, 2.05) is 12.3 Å². The molecule has 2 aromatic rings. The highest BCUT2D eigenvalue weighted by molar-refractivity contribution is 5.40. The zero-order valence-corrected chi connectivity index (χ0v) is 9.99. The lowest BCUT2D eigenvalue weighted by Crippen LogP contribution is -2.05. The second-order valence-electron chi connectivity index (χ2n) is 4.08. The fraction of sp³-hybridized carbons (Fsp3) is 0.308. The van der Waals surface area contributed by atoms with Gasteiger partial charge in [0.15, 0.2) is 0 Å². The molecule has 2 aromatic heterocycles. The topological polar surface area (TPSA) is 43.8 Å². The second kappa shape index (κ2) is 4.10. The number of rotatable bonds is 2. The quantitative estimate of drug-likeness (QED) is 0.835. The third kappa shape index (κ3) is 1.63. The van der Waals surface area contributed by atoms with E-state index in [-0.39, 0.29) is 0 Å². The molecule has 3 nitrogen and oxygen atoms in total. The zero-order valence-electron chi connectivity index (χ0n) is 9.99. The summed E-state index contributed by atoms with van der Waals surface area (Å²) in [4.78, 5) is 4.44. The molecule has 3 heteroatoms. The van der Waals surface area contributed by atoms with Crippen LogP contribution in [0.15, 0.2) is 24.4 Å². The molecule has 84 valence electrons. The van der Waals surface area contributed by atoms with Crippen LogP contribution in [0.25, 0.3) is 5.82 Å². The average molecular weight is 215 g/mol. The Morgan fingerprint density at radius 3 is 2.62 bits per heavy atom. The van der Waals surface area contributed by atoms with E-state index in [4.69, 9.17) is 5.73 Å². The number of pyridine rings is 1. The molecule has 16 heavy (non-hydrogen) atoms.